The fourth-order valence-corrected chi connectivity index (χ4v) is 5.14. The molecule has 0 aliphatic heterocycles. The number of imidazole rings is 1. The summed E-state index contributed by atoms with van der Waals surface area (Å²) in [5, 5.41) is 5.68. The van der Waals surface area contributed by atoms with Crippen LogP contribution in [0, 0.1) is 0 Å². The maximum atomic E-state index is 6.27. The van der Waals surface area contributed by atoms with Crippen molar-refractivity contribution in [2.24, 2.45) is 0 Å². The van der Waals surface area contributed by atoms with Crippen molar-refractivity contribution >= 4 is 27.3 Å². The zero-order valence-electron chi connectivity index (χ0n) is 22.9. The summed E-state index contributed by atoms with van der Waals surface area (Å²) in [6.45, 7) is 0.638. The van der Waals surface area contributed by atoms with Crippen LogP contribution in [0.5, 0.6) is 33.9 Å². The van der Waals surface area contributed by atoms with Gasteiger partial charge in [-0.25, -0.2) is 9.50 Å². The van der Waals surface area contributed by atoms with Crippen LogP contribution in [0.2, 0.25) is 0 Å². The molecule has 0 N–H and O–H groups in total. The van der Waals surface area contributed by atoms with Crippen molar-refractivity contribution in [3.63, 3.8) is 0 Å². The van der Waals surface area contributed by atoms with E-state index in [2.05, 4.69) is 10.1 Å². The zero-order chi connectivity index (χ0) is 28.3. The van der Waals surface area contributed by atoms with E-state index in [1.165, 1.54) is 11.3 Å². The van der Waals surface area contributed by atoms with Crippen LogP contribution >= 0.6 is 11.3 Å². The van der Waals surface area contributed by atoms with Crippen LogP contribution < -0.4 is 28.4 Å². The average molecular weight is 574 g/mol. The fourth-order valence-electron chi connectivity index (χ4n) is 4.44. The third-order valence-electron chi connectivity index (χ3n) is 6.43. The summed E-state index contributed by atoms with van der Waals surface area (Å²) in [5.41, 5.74) is 3.11. The first-order valence-electron chi connectivity index (χ1n) is 12.6. The normalized spacial score (nSPS) is 11.1. The highest BCUT2D eigenvalue weighted by atomic mass is 32.1. The van der Waals surface area contributed by atoms with Gasteiger partial charge in [-0.05, 0) is 41.2 Å². The summed E-state index contributed by atoms with van der Waals surface area (Å²) < 4.78 is 41.8. The molecule has 11 heteroatoms. The van der Waals surface area contributed by atoms with Crippen molar-refractivity contribution in [3.05, 3.63) is 78.0 Å². The van der Waals surface area contributed by atoms with Gasteiger partial charge in [0.05, 0.1) is 40.0 Å². The second-order valence-electron chi connectivity index (χ2n) is 8.95. The number of hydrogen-bond acceptors (Lipinski definition) is 10. The Bertz CT molecular complexity index is 1790. The first kappa shape index (κ1) is 26.3. The fraction of sp³-hybridized carbons (Fsp3) is 0.200. The van der Waals surface area contributed by atoms with Crippen LogP contribution in [0.15, 0.2) is 71.3 Å². The molecular formula is C30H27N3O7S. The smallest absolute Gasteiger partial charge is 0.294 e. The standard InChI is InChI=1S/C30H27N3O7S/c1-34-21-12-25(22-14-27(40-26(22)13-21)23-15-33-29(31-23)41-30(32-33)37-4)39-16-18-7-5-9-20(11-18)38-17-19-8-6-10-24(35-2)28(19)36-3/h5-15H,16-17H2,1-4H3. The summed E-state index contributed by atoms with van der Waals surface area (Å²) in [7, 11) is 6.41. The van der Waals surface area contributed by atoms with E-state index in [0.29, 0.717) is 69.2 Å². The lowest BCUT2D eigenvalue weighted by Crippen LogP contribution is -2.01. The quantitative estimate of drug-likeness (QED) is 0.174. The second kappa shape index (κ2) is 11.3. The number of fused-ring (bicyclic) bond motifs is 2. The minimum atomic E-state index is 0.312. The Hall–Kier alpha value is -4.90. The Balaban J connectivity index is 1.21. The molecule has 10 nitrogen and oxygen atoms in total. The Morgan fingerprint density at radius 2 is 1.68 bits per heavy atom. The highest BCUT2D eigenvalue weighted by Gasteiger charge is 2.17. The van der Waals surface area contributed by atoms with Gasteiger partial charge in [0, 0.05) is 17.7 Å². The lowest BCUT2D eigenvalue weighted by atomic mass is 10.2. The maximum Gasteiger partial charge on any atom is 0.294 e. The predicted octanol–water partition coefficient (Wildman–Crippen LogP) is 6.40. The Kier molecular flexibility index (Phi) is 7.26. The topological polar surface area (TPSA) is 98.7 Å². The van der Waals surface area contributed by atoms with Crippen molar-refractivity contribution in [1.82, 2.24) is 14.6 Å². The van der Waals surface area contributed by atoms with E-state index < -0.39 is 0 Å². The molecule has 0 saturated heterocycles. The molecule has 0 saturated carbocycles. The van der Waals surface area contributed by atoms with Crippen molar-refractivity contribution in [1.29, 1.82) is 0 Å². The largest absolute Gasteiger partial charge is 0.496 e. The molecule has 0 aliphatic rings. The summed E-state index contributed by atoms with van der Waals surface area (Å²) >= 11 is 1.35. The summed E-state index contributed by atoms with van der Waals surface area (Å²) in [6.07, 6.45) is 1.80. The Morgan fingerprint density at radius 3 is 2.46 bits per heavy atom. The van der Waals surface area contributed by atoms with E-state index in [4.69, 9.17) is 32.8 Å². The molecule has 0 bridgehead atoms. The van der Waals surface area contributed by atoms with Gasteiger partial charge in [0.15, 0.2) is 17.3 Å². The molecule has 0 aliphatic carbocycles. The van der Waals surface area contributed by atoms with Crippen molar-refractivity contribution in [2.45, 2.75) is 13.2 Å². The molecule has 0 unspecified atom stereocenters. The molecule has 6 aromatic rings. The van der Waals surface area contributed by atoms with Gasteiger partial charge in [-0.15, -0.1) is 5.10 Å². The minimum absolute atomic E-state index is 0.312. The number of furan rings is 1. The van der Waals surface area contributed by atoms with Crippen molar-refractivity contribution in [3.8, 4) is 45.4 Å². The number of methoxy groups -OCH3 is 4. The summed E-state index contributed by atoms with van der Waals surface area (Å²) in [4.78, 5) is 5.33. The summed E-state index contributed by atoms with van der Waals surface area (Å²) in [6, 6.07) is 19.1. The molecule has 0 spiro atoms. The van der Waals surface area contributed by atoms with Crippen LogP contribution in [-0.4, -0.2) is 43.0 Å². The number of ether oxygens (including phenoxy) is 6. The molecule has 0 radical (unpaired) electrons. The van der Waals surface area contributed by atoms with Crippen LogP contribution in [0.1, 0.15) is 11.1 Å². The van der Waals surface area contributed by atoms with Crippen molar-refractivity contribution in [2.75, 3.05) is 28.4 Å². The molecule has 3 heterocycles. The molecule has 0 atom stereocenters. The Morgan fingerprint density at radius 1 is 0.805 bits per heavy atom. The van der Waals surface area contributed by atoms with Crippen LogP contribution in [-0.2, 0) is 13.2 Å². The van der Waals surface area contributed by atoms with E-state index >= 15 is 0 Å². The first-order chi connectivity index (χ1) is 20.1. The monoisotopic (exact) mass is 573 g/mol. The third kappa shape index (κ3) is 5.31. The molecule has 6 rings (SSSR count). The van der Waals surface area contributed by atoms with Crippen LogP contribution in [0.25, 0.3) is 27.4 Å². The molecule has 3 aromatic carbocycles. The molecule has 210 valence electrons. The molecule has 0 fully saturated rings. The maximum absolute atomic E-state index is 6.27. The Labute approximate surface area is 239 Å². The molecule has 3 aromatic heterocycles. The second-order valence-corrected chi connectivity index (χ2v) is 9.87. The zero-order valence-corrected chi connectivity index (χ0v) is 23.7. The van der Waals surface area contributed by atoms with E-state index in [1.807, 2.05) is 60.7 Å². The van der Waals surface area contributed by atoms with Gasteiger partial charge < -0.3 is 32.8 Å². The molecule has 41 heavy (non-hydrogen) atoms. The van der Waals surface area contributed by atoms with E-state index in [0.717, 1.165) is 16.5 Å². The van der Waals surface area contributed by atoms with E-state index in [1.54, 1.807) is 39.2 Å². The molecule has 0 amide bonds. The SMILES string of the molecule is COc1cc(OCc2cccc(OCc3cccc(OC)c3OC)c2)c2cc(-c3cn4nc(OC)sc4n3)oc2c1. The van der Waals surface area contributed by atoms with Gasteiger partial charge in [-0.1, -0.05) is 24.3 Å². The summed E-state index contributed by atoms with van der Waals surface area (Å²) in [5.74, 6) is 3.87. The van der Waals surface area contributed by atoms with E-state index in [9.17, 15) is 0 Å². The number of nitrogens with zero attached hydrogens (tertiary/aromatic N) is 3. The van der Waals surface area contributed by atoms with Gasteiger partial charge in [0.1, 0.15) is 41.7 Å². The van der Waals surface area contributed by atoms with Crippen LogP contribution in [0.3, 0.4) is 0 Å². The van der Waals surface area contributed by atoms with Gasteiger partial charge in [-0.2, -0.15) is 0 Å². The highest BCUT2D eigenvalue weighted by molar-refractivity contribution is 7.18. The van der Waals surface area contributed by atoms with E-state index in [-0.39, 0.29) is 0 Å². The van der Waals surface area contributed by atoms with Crippen LogP contribution in [0.4, 0.5) is 0 Å². The van der Waals surface area contributed by atoms with Gasteiger partial charge >= 0.3 is 0 Å². The molecular weight excluding hydrogens is 546 g/mol. The lowest BCUT2D eigenvalue weighted by Gasteiger charge is -2.14. The number of benzene rings is 3. The highest BCUT2D eigenvalue weighted by Crippen LogP contribution is 2.38. The first-order valence-corrected chi connectivity index (χ1v) is 13.5. The predicted molar refractivity (Wildman–Crippen MR) is 154 cm³/mol. The van der Waals surface area contributed by atoms with Gasteiger partial charge in [-0.3, -0.25) is 0 Å². The third-order valence-corrected chi connectivity index (χ3v) is 7.32. The minimum Gasteiger partial charge on any atom is -0.496 e. The van der Waals surface area contributed by atoms with Gasteiger partial charge in [0.2, 0.25) is 4.96 Å². The number of rotatable bonds is 11. The average Bonchev–Trinajstić information content (AvgIpc) is 3.72. The number of hydrogen-bond donors (Lipinski definition) is 0. The number of aromatic nitrogens is 3. The lowest BCUT2D eigenvalue weighted by molar-refractivity contribution is 0.287. The van der Waals surface area contributed by atoms with Gasteiger partial charge in [0.25, 0.3) is 5.19 Å². The number of para-hydroxylation sites is 1. The van der Waals surface area contributed by atoms with Crippen molar-refractivity contribution < 1.29 is 32.8 Å².